The number of nitrogens with zero attached hydrogens (tertiary/aromatic N) is 3. The smallest absolute Gasteiger partial charge is 0.318 e. The van der Waals surface area contributed by atoms with Gasteiger partial charge < -0.3 is 34.3 Å². The standard InChI is InChI=1S/C26H38N4O4/c1-17(2)27-25(32)30-16-26(14-29(15-26)12-18-7-9-34-10-8-18)23-20-6-5-19(33-4)11-21(20)28(3)24(23)22(30)13-31/h5-6,11,17-18,22,31H,7-10,12-16H2,1-4H3,(H,27,32)/t22-/m1/s1. The molecule has 0 bridgehead atoms. The lowest BCUT2D eigenvalue weighted by Gasteiger charge is -2.57. The average Bonchev–Trinajstić information content (AvgIpc) is 3.10. The molecular weight excluding hydrogens is 432 g/mol. The van der Waals surface area contributed by atoms with Crippen LogP contribution < -0.4 is 10.1 Å². The number of aliphatic hydroxyl groups excluding tert-OH is 1. The molecule has 34 heavy (non-hydrogen) atoms. The van der Waals surface area contributed by atoms with Gasteiger partial charge in [0.25, 0.3) is 0 Å². The van der Waals surface area contributed by atoms with Gasteiger partial charge in [0.2, 0.25) is 0 Å². The largest absolute Gasteiger partial charge is 0.497 e. The molecule has 2 amide bonds. The Kier molecular flexibility index (Phi) is 6.25. The molecule has 5 rings (SSSR count). The summed E-state index contributed by atoms with van der Waals surface area (Å²) >= 11 is 0. The molecule has 2 N–H and O–H groups in total. The number of benzene rings is 1. The van der Waals surface area contributed by atoms with E-state index in [1.165, 1.54) is 10.9 Å². The Balaban J connectivity index is 1.55. The van der Waals surface area contributed by atoms with E-state index in [2.05, 4.69) is 26.9 Å². The number of fused-ring (bicyclic) bond motifs is 4. The van der Waals surface area contributed by atoms with E-state index in [0.29, 0.717) is 12.5 Å². The molecule has 3 aliphatic rings. The van der Waals surface area contributed by atoms with E-state index in [4.69, 9.17) is 9.47 Å². The number of carbonyl (C=O) groups is 1. The van der Waals surface area contributed by atoms with Crippen molar-refractivity contribution in [1.29, 1.82) is 0 Å². The number of carbonyl (C=O) groups excluding carboxylic acids is 1. The maximum absolute atomic E-state index is 13.3. The number of hydrogen-bond donors (Lipinski definition) is 2. The van der Waals surface area contributed by atoms with Crippen molar-refractivity contribution in [1.82, 2.24) is 19.7 Å². The Hall–Kier alpha value is -2.29. The van der Waals surface area contributed by atoms with Gasteiger partial charge in [0.15, 0.2) is 0 Å². The number of aryl methyl sites for hydroxylation is 1. The van der Waals surface area contributed by atoms with Gasteiger partial charge >= 0.3 is 6.03 Å². The normalized spacial score (nSPS) is 22.8. The zero-order valence-electron chi connectivity index (χ0n) is 20.8. The fourth-order valence-corrected chi connectivity index (χ4v) is 6.39. The lowest BCUT2D eigenvalue weighted by atomic mass is 9.68. The van der Waals surface area contributed by atoms with Crippen LogP contribution in [-0.4, -0.2) is 84.7 Å². The van der Waals surface area contributed by atoms with Gasteiger partial charge in [-0.25, -0.2) is 4.79 Å². The second-order valence-electron chi connectivity index (χ2n) is 10.6. The highest BCUT2D eigenvalue weighted by Gasteiger charge is 2.54. The molecule has 1 aromatic heterocycles. The van der Waals surface area contributed by atoms with E-state index in [0.717, 1.165) is 62.6 Å². The van der Waals surface area contributed by atoms with Crippen LogP contribution in [0.2, 0.25) is 0 Å². The minimum Gasteiger partial charge on any atom is -0.497 e. The van der Waals surface area contributed by atoms with Crippen molar-refractivity contribution in [2.75, 3.05) is 53.1 Å². The zero-order chi connectivity index (χ0) is 24.0. The van der Waals surface area contributed by atoms with Gasteiger partial charge in [-0.3, -0.25) is 0 Å². The Morgan fingerprint density at radius 1 is 1.26 bits per heavy atom. The van der Waals surface area contributed by atoms with E-state index in [1.807, 2.05) is 31.9 Å². The number of ether oxygens (including phenoxy) is 2. The number of nitrogens with one attached hydrogen (secondary N) is 1. The number of rotatable bonds is 5. The van der Waals surface area contributed by atoms with E-state index < -0.39 is 0 Å². The quantitative estimate of drug-likeness (QED) is 0.703. The first-order valence-electron chi connectivity index (χ1n) is 12.5. The molecule has 8 nitrogen and oxygen atoms in total. The predicted octanol–water partition coefficient (Wildman–Crippen LogP) is 2.63. The Morgan fingerprint density at radius 2 is 2.00 bits per heavy atom. The highest BCUT2D eigenvalue weighted by Crippen LogP contribution is 2.49. The van der Waals surface area contributed by atoms with Crippen LogP contribution in [0.4, 0.5) is 4.79 Å². The summed E-state index contributed by atoms with van der Waals surface area (Å²) in [4.78, 5) is 17.7. The summed E-state index contributed by atoms with van der Waals surface area (Å²) in [5.74, 6) is 1.49. The molecule has 2 aromatic rings. The lowest BCUT2D eigenvalue weighted by Crippen LogP contribution is -2.68. The summed E-state index contributed by atoms with van der Waals surface area (Å²) in [5, 5.41) is 14.8. The molecule has 0 radical (unpaired) electrons. The molecule has 4 heterocycles. The summed E-state index contributed by atoms with van der Waals surface area (Å²) < 4.78 is 13.2. The molecule has 0 unspecified atom stereocenters. The van der Waals surface area contributed by atoms with Crippen LogP contribution in [0.1, 0.15) is 44.0 Å². The number of hydrogen-bond acceptors (Lipinski definition) is 5. The lowest BCUT2D eigenvalue weighted by molar-refractivity contribution is -0.0139. The van der Waals surface area contributed by atoms with Crippen LogP contribution in [0, 0.1) is 5.92 Å². The van der Waals surface area contributed by atoms with Crippen molar-refractivity contribution in [3.05, 3.63) is 29.5 Å². The molecule has 1 spiro atoms. The first kappa shape index (κ1) is 23.5. The fraction of sp³-hybridized carbons (Fsp3) is 0.654. The van der Waals surface area contributed by atoms with Gasteiger partial charge in [-0.1, -0.05) is 0 Å². The van der Waals surface area contributed by atoms with Crippen molar-refractivity contribution >= 4 is 16.9 Å². The van der Waals surface area contributed by atoms with Crippen molar-refractivity contribution in [3.8, 4) is 5.75 Å². The summed E-state index contributed by atoms with van der Waals surface area (Å²) in [6, 6.07) is 5.77. The van der Waals surface area contributed by atoms with Crippen LogP contribution in [0.25, 0.3) is 10.9 Å². The second kappa shape index (κ2) is 9.06. The Morgan fingerprint density at radius 3 is 2.65 bits per heavy atom. The van der Waals surface area contributed by atoms with Gasteiger partial charge in [-0.2, -0.15) is 0 Å². The second-order valence-corrected chi connectivity index (χ2v) is 10.6. The minimum atomic E-state index is -0.382. The van der Waals surface area contributed by atoms with Gasteiger partial charge in [-0.05, 0) is 50.3 Å². The molecule has 0 aliphatic carbocycles. The Labute approximate surface area is 201 Å². The van der Waals surface area contributed by atoms with Crippen molar-refractivity contribution < 1.29 is 19.4 Å². The van der Waals surface area contributed by atoms with Crippen molar-refractivity contribution in [3.63, 3.8) is 0 Å². The third kappa shape index (κ3) is 3.85. The number of urea groups is 1. The SMILES string of the molecule is COc1ccc2c3c(n(C)c2c1)[C@@H](CO)N(C(=O)NC(C)C)CC31CN(CC2CCOCC2)C1. The molecular formula is C26H38N4O4. The molecule has 0 saturated carbocycles. The number of likely N-dealkylation sites (tertiary alicyclic amines) is 1. The number of methoxy groups -OCH3 is 1. The summed E-state index contributed by atoms with van der Waals surface area (Å²) in [5.41, 5.74) is 3.27. The summed E-state index contributed by atoms with van der Waals surface area (Å²) in [7, 11) is 3.72. The molecule has 1 atom stereocenters. The molecule has 2 fully saturated rings. The van der Waals surface area contributed by atoms with Gasteiger partial charge in [0.05, 0.1) is 25.3 Å². The van der Waals surface area contributed by atoms with Gasteiger partial charge in [-0.15, -0.1) is 0 Å². The third-order valence-corrected chi connectivity index (χ3v) is 7.90. The van der Waals surface area contributed by atoms with Crippen LogP contribution in [0.15, 0.2) is 18.2 Å². The summed E-state index contributed by atoms with van der Waals surface area (Å²) in [6.45, 7) is 9.10. The average molecular weight is 471 g/mol. The molecule has 8 heteroatoms. The molecule has 2 saturated heterocycles. The number of aliphatic hydroxyl groups is 1. The maximum atomic E-state index is 13.3. The highest BCUT2D eigenvalue weighted by atomic mass is 16.5. The van der Waals surface area contributed by atoms with Crippen LogP contribution in [0.5, 0.6) is 5.75 Å². The molecule has 186 valence electrons. The monoisotopic (exact) mass is 470 g/mol. The van der Waals surface area contributed by atoms with Crippen LogP contribution in [0.3, 0.4) is 0 Å². The minimum absolute atomic E-state index is 0.0346. The van der Waals surface area contributed by atoms with Gasteiger partial charge in [0, 0.05) is 75.0 Å². The van der Waals surface area contributed by atoms with Crippen LogP contribution >= 0.6 is 0 Å². The van der Waals surface area contributed by atoms with Gasteiger partial charge in [0.1, 0.15) is 5.75 Å². The van der Waals surface area contributed by atoms with Crippen LogP contribution in [-0.2, 0) is 17.2 Å². The maximum Gasteiger partial charge on any atom is 0.318 e. The zero-order valence-corrected chi connectivity index (χ0v) is 20.8. The van der Waals surface area contributed by atoms with E-state index in [9.17, 15) is 9.90 Å². The highest BCUT2D eigenvalue weighted by molar-refractivity contribution is 5.90. The topological polar surface area (TPSA) is 79.2 Å². The first-order chi connectivity index (χ1) is 16.4. The van der Waals surface area contributed by atoms with Crippen molar-refractivity contribution in [2.45, 2.75) is 44.2 Å². The van der Waals surface area contributed by atoms with E-state index in [-0.39, 0.29) is 30.1 Å². The number of aromatic nitrogens is 1. The van der Waals surface area contributed by atoms with E-state index >= 15 is 0 Å². The first-order valence-corrected chi connectivity index (χ1v) is 12.5. The van der Waals surface area contributed by atoms with Crippen molar-refractivity contribution in [2.24, 2.45) is 13.0 Å². The number of amides is 2. The molecule has 1 aromatic carbocycles. The summed E-state index contributed by atoms with van der Waals surface area (Å²) in [6.07, 6.45) is 2.25. The third-order valence-electron chi connectivity index (χ3n) is 7.90. The molecule has 3 aliphatic heterocycles. The predicted molar refractivity (Wildman–Crippen MR) is 131 cm³/mol. The van der Waals surface area contributed by atoms with E-state index in [1.54, 1.807) is 7.11 Å². The Bertz CT molecular complexity index is 1050. The fourth-order valence-electron chi connectivity index (χ4n) is 6.39.